The summed E-state index contributed by atoms with van der Waals surface area (Å²) in [5.41, 5.74) is 0.980. The minimum atomic E-state index is -1.25. The predicted molar refractivity (Wildman–Crippen MR) is 82.0 cm³/mol. The Morgan fingerprint density at radius 1 is 1.23 bits per heavy atom. The molecule has 1 aromatic carbocycles. The molecule has 0 spiro atoms. The first-order chi connectivity index (χ1) is 10.5. The highest BCUT2D eigenvalue weighted by Gasteiger charge is 2.37. The minimum Gasteiger partial charge on any atom is -0.496 e. The van der Waals surface area contributed by atoms with Crippen LogP contribution in [0.1, 0.15) is 5.56 Å². The van der Waals surface area contributed by atoms with Crippen LogP contribution in [0.15, 0.2) is 42.0 Å². The van der Waals surface area contributed by atoms with E-state index in [0.29, 0.717) is 5.75 Å². The second kappa shape index (κ2) is 6.44. The summed E-state index contributed by atoms with van der Waals surface area (Å²) in [6.07, 6.45) is 3.66. The van der Waals surface area contributed by atoms with E-state index in [1.54, 1.807) is 19.3 Å². The molecule has 1 N–H and O–H groups in total. The Balaban J connectivity index is 2.26. The number of urea groups is 1. The Labute approximate surface area is 128 Å². The molecular weight excluding hydrogens is 284 g/mol. The zero-order valence-electron chi connectivity index (χ0n) is 12.7. The van der Waals surface area contributed by atoms with E-state index in [-0.39, 0.29) is 5.57 Å². The zero-order chi connectivity index (χ0) is 16.3. The van der Waals surface area contributed by atoms with Crippen molar-refractivity contribution in [3.05, 3.63) is 47.6 Å². The van der Waals surface area contributed by atoms with Crippen molar-refractivity contribution in [3.63, 3.8) is 0 Å². The van der Waals surface area contributed by atoms with E-state index in [1.807, 2.05) is 24.3 Å². The molecule has 0 bridgehead atoms. The van der Waals surface area contributed by atoms with Crippen LogP contribution in [-0.4, -0.2) is 54.3 Å². The topological polar surface area (TPSA) is 70.1 Å². The van der Waals surface area contributed by atoms with Crippen molar-refractivity contribution in [2.24, 2.45) is 0 Å². The van der Waals surface area contributed by atoms with Crippen molar-refractivity contribution in [1.29, 1.82) is 0 Å². The van der Waals surface area contributed by atoms with Crippen LogP contribution in [0.2, 0.25) is 0 Å². The summed E-state index contributed by atoms with van der Waals surface area (Å²) in [5, 5.41) is 10.0. The van der Waals surface area contributed by atoms with Gasteiger partial charge in [0.05, 0.1) is 12.7 Å². The molecule has 0 aromatic heterocycles. The Morgan fingerprint density at radius 2 is 1.91 bits per heavy atom. The molecule has 1 heterocycles. The van der Waals surface area contributed by atoms with Crippen molar-refractivity contribution in [2.75, 3.05) is 21.2 Å². The fourth-order valence-electron chi connectivity index (χ4n) is 2.16. The lowest BCUT2D eigenvalue weighted by molar-refractivity contribution is -0.128. The normalized spacial score (nSPS) is 21.1. The van der Waals surface area contributed by atoms with E-state index < -0.39 is 18.2 Å². The van der Waals surface area contributed by atoms with E-state index in [4.69, 9.17) is 4.74 Å². The number of ether oxygens (including phenoxy) is 1. The number of methoxy groups -OCH3 is 1. The van der Waals surface area contributed by atoms with Crippen LogP contribution < -0.4 is 4.74 Å². The Kier molecular flexibility index (Phi) is 4.62. The molecule has 1 atom stereocenters. The second-order valence-corrected chi connectivity index (χ2v) is 4.85. The van der Waals surface area contributed by atoms with Crippen molar-refractivity contribution < 1.29 is 19.4 Å². The SMILES string of the molecule is COc1ccccc1/C=C/C=C1/C(=O)N(C)C(=O)N(C)C1O. The van der Waals surface area contributed by atoms with Crippen LogP contribution in [0.25, 0.3) is 6.08 Å². The maximum Gasteiger partial charge on any atom is 0.328 e. The first-order valence-electron chi connectivity index (χ1n) is 6.71. The van der Waals surface area contributed by atoms with Gasteiger partial charge >= 0.3 is 6.03 Å². The molecule has 1 aliphatic heterocycles. The fraction of sp³-hybridized carbons (Fsp3) is 0.250. The van der Waals surface area contributed by atoms with Gasteiger partial charge in [-0.1, -0.05) is 30.4 Å². The van der Waals surface area contributed by atoms with Crippen molar-refractivity contribution in [1.82, 2.24) is 9.80 Å². The third-order valence-electron chi connectivity index (χ3n) is 3.48. The predicted octanol–water partition coefficient (Wildman–Crippen LogP) is 1.48. The third-order valence-corrected chi connectivity index (χ3v) is 3.48. The maximum absolute atomic E-state index is 12.0. The Morgan fingerprint density at radius 3 is 2.59 bits per heavy atom. The molecule has 1 saturated heterocycles. The second-order valence-electron chi connectivity index (χ2n) is 4.85. The number of aliphatic hydroxyl groups excluding tert-OH is 1. The van der Waals surface area contributed by atoms with E-state index in [1.165, 1.54) is 20.2 Å². The van der Waals surface area contributed by atoms with Gasteiger partial charge < -0.3 is 9.84 Å². The van der Waals surface area contributed by atoms with Crippen molar-refractivity contribution in [3.8, 4) is 5.75 Å². The number of hydrogen-bond acceptors (Lipinski definition) is 4. The van der Waals surface area contributed by atoms with E-state index >= 15 is 0 Å². The lowest BCUT2D eigenvalue weighted by Gasteiger charge is -2.34. The molecule has 2 rings (SSSR count). The number of benzene rings is 1. The number of nitrogens with zero attached hydrogens (tertiary/aromatic N) is 2. The van der Waals surface area contributed by atoms with Gasteiger partial charge in [0.1, 0.15) is 5.75 Å². The molecule has 0 saturated carbocycles. The molecule has 1 unspecified atom stereocenters. The van der Waals surface area contributed by atoms with E-state index in [9.17, 15) is 14.7 Å². The van der Waals surface area contributed by atoms with Crippen LogP contribution in [0.5, 0.6) is 5.75 Å². The molecule has 0 radical (unpaired) electrons. The molecule has 1 fully saturated rings. The summed E-state index contributed by atoms with van der Waals surface area (Å²) < 4.78 is 5.23. The molecule has 22 heavy (non-hydrogen) atoms. The van der Waals surface area contributed by atoms with Crippen molar-refractivity contribution in [2.45, 2.75) is 6.23 Å². The van der Waals surface area contributed by atoms with Crippen molar-refractivity contribution >= 4 is 18.0 Å². The number of hydrogen-bond donors (Lipinski definition) is 1. The number of imide groups is 1. The van der Waals surface area contributed by atoms with Gasteiger partial charge in [-0.25, -0.2) is 4.79 Å². The van der Waals surface area contributed by atoms with Gasteiger partial charge in [0.2, 0.25) is 0 Å². The Bertz CT molecular complexity index is 651. The van der Waals surface area contributed by atoms with Gasteiger partial charge in [-0.3, -0.25) is 14.6 Å². The summed E-state index contributed by atoms with van der Waals surface area (Å²) in [7, 11) is 4.40. The van der Waals surface area contributed by atoms with E-state index in [2.05, 4.69) is 0 Å². The van der Waals surface area contributed by atoms with Crippen LogP contribution in [-0.2, 0) is 4.79 Å². The van der Waals surface area contributed by atoms with Gasteiger partial charge in [-0.15, -0.1) is 0 Å². The molecule has 3 amide bonds. The molecule has 6 nitrogen and oxygen atoms in total. The number of carbonyl (C=O) groups is 2. The number of aliphatic hydroxyl groups is 1. The molecule has 0 aliphatic carbocycles. The largest absolute Gasteiger partial charge is 0.496 e. The van der Waals surface area contributed by atoms with Gasteiger partial charge in [0, 0.05) is 19.7 Å². The van der Waals surface area contributed by atoms with Gasteiger partial charge in [-0.05, 0) is 12.1 Å². The number of para-hydroxylation sites is 1. The van der Waals surface area contributed by atoms with Crippen LogP contribution in [0.4, 0.5) is 4.79 Å². The van der Waals surface area contributed by atoms with Crippen LogP contribution in [0.3, 0.4) is 0 Å². The average Bonchev–Trinajstić information content (AvgIpc) is 2.54. The highest BCUT2D eigenvalue weighted by Crippen LogP contribution is 2.21. The number of likely N-dealkylation sites (N-methyl/N-ethyl adjacent to an activating group) is 2. The van der Waals surface area contributed by atoms with Crippen LogP contribution in [0, 0.1) is 0 Å². The summed E-state index contributed by atoms with van der Waals surface area (Å²) >= 11 is 0. The Hall–Kier alpha value is -2.60. The minimum absolute atomic E-state index is 0.135. The number of rotatable bonds is 3. The quantitative estimate of drug-likeness (QED) is 0.859. The number of allylic oxidation sites excluding steroid dienone is 2. The molecule has 1 aliphatic rings. The summed E-state index contributed by atoms with van der Waals surface area (Å²) in [6, 6.07) is 6.89. The van der Waals surface area contributed by atoms with Gasteiger partial charge in [0.15, 0.2) is 6.23 Å². The highest BCUT2D eigenvalue weighted by atomic mass is 16.5. The average molecular weight is 302 g/mol. The maximum atomic E-state index is 12.0. The standard InChI is InChI=1S/C16H18N2O4/c1-17-14(19)12(15(20)18(2)16(17)21)9-6-8-11-7-4-5-10-13(11)22-3/h4-10,14,19H,1-3H3/b8-6+,12-9+. The summed E-state index contributed by atoms with van der Waals surface area (Å²) in [6.45, 7) is 0. The fourth-order valence-corrected chi connectivity index (χ4v) is 2.16. The first kappa shape index (κ1) is 15.8. The molecule has 1 aromatic rings. The lowest BCUT2D eigenvalue weighted by atomic mass is 10.1. The first-order valence-corrected chi connectivity index (χ1v) is 6.71. The highest BCUT2D eigenvalue weighted by molar-refractivity contribution is 6.07. The summed E-state index contributed by atoms with van der Waals surface area (Å²) in [5.74, 6) is 0.192. The lowest BCUT2D eigenvalue weighted by Crippen LogP contribution is -2.55. The smallest absolute Gasteiger partial charge is 0.328 e. The molecular formula is C16H18N2O4. The monoisotopic (exact) mass is 302 g/mol. The number of amides is 3. The third kappa shape index (κ3) is 2.87. The van der Waals surface area contributed by atoms with E-state index in [0.717, 1.165) is 15.4 Å². The van der Waals surface area contributed by atoms with Gasteiger partial charge in [0.25, 0.3) is 5.91 Å². The summed E-state index contributed by atoms with van der Waals surface area (Å²) in [4.78, 5) is 25.8. The van der Waals surface area contributed by atoms with Crippen LogP contribution >= 0.6 is 0 Å². The molecule has 116 valence electrons. The van der Waals surface area contributed by atoms with Gasteiger partial charge in [-0.2, -0.15) is 0 Å². The number of carbonyl (C=O) groups excluding carboxylic acids is 2. The molecule has 6 heteroatoms. The zero-order valence-corrected chi connectivity index (χ0v) is 12.7.